The summed E-state index contributed by atoms with van der Waals surface area (Å²) >= 11 is 11.8. The number of rotatable bonds is 3. The topological polar surface area (TPSA) is 9.23 Å². The smallest absolute Gasteiger partial charge is 0.0721 e. The maximum Gasteiger partial charge on any atom is 0.0721 e. The average Bonchev–Trinajstić information content (AvgIpc) is 2.73. The van der Waals surface area contributed by atoms with E-state index in [0.717, 1.165) is 5.56 Å². The van der Waals surface area contributed by atoms with Crippen LogP contribution < -0.4 is 0 Å². The molecule has 1 aromatic rings. The quantitative estimate of drug-likeness (QED) is 0.764. The van der Waals surface area contributed by atoms with Crippen LogP contribution in [0.2, 0.25) is 10.0 Å². The van der Waals surface area contributed by atoms with Crippen molar-refractivity contribution in [3.05, 3.63) is 33.8 Å². The lowest BCUT2D eigenvalue weighted by atomic mass is 10.2. The van der Waals surface area contributed by atoms with Gasteiger partial charge in [-0.3, -0.25) is 0 Å². The predicted molar refractivity (Wildman–Crippen MR) is 63.5 cm³/mol. The lowest BCUT2D eigenvalue weighted by molar-refractivity contribution is 0.0457. The zero-order valence-electron chi connectivity index (χ0n) is 8.51. The predicted octanol–water partition coefficient (Wildman–Crippen LogP) is 4.45. The van der Waals surface area contributed by atoms with E-state index in [1.165, 1.54) is 25.7 Å². The highest BCUT2D eigenvalue weighted by Gasteiger charge is 2.15. The number of halogens is 2. The van der Waals surface area contributed by atoms with Gasteiger partial charge >= 0.3 is 0 Å². The molecule has 3 heteroatoms. The van der Waals surface area contributed by atoms with E-state index in [1.54, 1.807) is 0 Å². The van der Waals surface area contributed by atoms with Crippen LogP contribution in [0.3, 0.4) is 0 Å². The van der Waals surface area contributed by atoms with Crippen molar-refractivity contribution in [2.75, 3.05) is 0 Å². The minimum Gasteiger partial charge on any atom is -0.374 e. The van der Waals surface area contributed by atoms with E-state index >= 15 is 0 Å². The van der Waals surface area contributed by atoms with Crippen LogP contribution in [0.1, 0.15) is 31.2 Å². The highest BCUT2D eigenvalue weighted by Crippen LogP contribution is 2.25. The van der Waals surface area contributed by atoms with Gasteiger partial charge in [-0.25, -0.2) is 0 Å². The Morgan fingerprint density at radius 1 is 1.13 bits per heavy atom. The van der Waals surface area contributed by atoms with Gasteiger partial charge in [-0.2, -0.15) is 0 Å². The van der Waals surface area contributed by atoms with Crippen LogP contribution in [0.15, 0.2) is 18.2 Å². The SMILES string of the molecule is Clc1ccc(COC2CCCC2)cc1Cl. The molecule has 1 saturated carbocycles. The van der Waals surface area contributed by atoms with Gasteiger partial charge in [-0.1, -0.05) is 42.1 Å². The van der Waals surface area contributed by atoms with E-state index in [4.69, 9.17) is 27.9 Å². The summed E-state index contributed by atoms with van der Waals surface area (Å²) in [6.07, 6.45) is 5.43. The van der Waals surface area contributed by atoms with Crippen LogP contribution in [0, 0.1) is 0 Å². The maximum absolute atomic E-state index is 5.92. The molecule has 0 bridgehead atoms. The third-order valence-corrected chi connectivity index (χ3v) is 3.51. The standard InChI is InChI=1S/C12H14Cl2O/c13-11-6-5-9(7-12(11)14)8-15-10-3-1-2-4-10/h5-7,10H,1-4,8H2. The summed E-state index contributed by atoms with van der Waals surface area (Å²) in [5, 5.41) is 1.20. The maximum atomic E-state index is 5.92. The Labute approximate surface area is 100 Å². The normalized spacial score (nSPS) is 17.2. The minimum atomic E-state index is 0.444. The summed E-state index contributed by atoms with van der Waals surface area (Å²) in [4.78, 5) is 0. The fraction of sp³-hybridized carbons (Fsp3) is 0.500. The molecule has 0 aliphatic heterocycles. The highest BCUT2D eigenvalue weighted by atomic mass is 35.5. The van der Waals surface area contributed by atoms with E-state index in [1.807, 2.05) is 18.2 Å². The molecule has 0 N–H and O–H groups in total. The molecule has 1 aliphatic rings. The minimum absolute atomic E-state index is 0.444. The second-order valence-corrected chi connectivity index (χ2v) is 4.78. The second kappa shape index (κ2) is 5.20. The summed E-state index contributed by atoms with van der Waals surface area (Å²) in [5.74, 6) is 0. The van der Waals surface area contributed by atoms with Crippen molar-refractivity contribution >= 4 is 23.2 Å². The first-order valence-electron chi connectivity index (χ1n) is 5.31. The lowest BCUT2D eigenvalue weighted by Gasteiger charge is -2.11. The Kier molecular flexibility index (Phi) is 3.90. The summed E-state index contributed by atoms with van der Waals surface area (Å²) < 4.78 is 5.78. The first-order valence-corrected chi connectivity index (χ1v) is 6.07. The summed E-state index contributed by atoms with van der Waals surface area (Å²) in [5.41, 5.74) is 1.09. The Morgan fingerprint density at radius 2 is 1.87 bits per heavy atom. The molecular formula is C12H14Cl2O. The molecule has 0 radical (unpaired) electrons. The third kappa shape index (κ3) is 3.10. The molecule has 15 heavy (non-hydrogen) atoms. The average molecular weight is 245 g/mol. The molecule has 0 aromatic heterocycles. The zero-order valence-corrected chi connectivity index (χ0v) is 10.0. The van der Waals surface area contributed by atoms with Crippen molar-refractivity contribution in [1.82, 2.24) is 0 Å². The molecule has 0 atom stereocenters. The molecule has 0 heterocycles. The van der Waals surface area contributed by atoms with Gasteiger partial charge < -0.3 is 4.74 Å². The van der Waals surface area contributed by atoms with Crippen LogP contribution in [0.5, 0.6) is 0 Å². The fourth-order valence-electron chi connectivity index (χ4n) is 1.90. The van der Waals surface area contributed by atoms with Crippen LogP contribution >= 0.6 is 23.2 Å². The van der Waals surface area contributed by atoms with E-state index in [2.05, 4.69) is 0 Å². The largest absolute Gasteiger partial charge is 0.374 e. The Bertz CT molecular complexity index is 332. The summed E-state index contributed by atoms with van der Waals surface area (Å²) in [6.45, 7) is 0.640. The number of benzene rings is 1. The fourth-order valence-corrected chi connectivity index (χ4v) is 2.22. The van der Waals surface area contributed by atoms with Crippen LogP contribution in [0.4, 0.5) is 0 Å². The third-order valence-electron chi connectivity index (χ3n) is 2.77. The van der Waals surface area contributed by atoms with Gasteiger partial charge in [0.05, 0.1) is 22.8 Å². The molecule has 0 amide bonds. The van der Waals surface area contributed by atoms with E-state index in [0.29, 0.717) is 22.8 Å². The van der Waals surface area contributed by atoms with Crippen molar-refractivity contribution in [2.45, 2.75) is 38.4 Å². The van der Waals surface area contributed by atoms with Crippen molar-refractivity contribution < 1.29 is 4.74 Å². The molecule has 0 saturated heterocycles. The van der Waals surface area contributed by atoms with E-state index < -0.39 is 0 Å². The monoisotopic (exact) mass is 244 g/mol. The summed E-state index contributed by atoms with van der Waals surface area (Å²) in [6, 6.07) is 5.65. The molecule has 0 unspecified atom stereocenters. The van der Waals surface area contributed by atoms with Gasteiger partial charge in [0, 0.05) is 0 Å². The molecule has 0 spiro atoms. The molecular weight excluding hydrogens is 231 g/mol. The molecule has 1 aliphatic carbocycles. The van der Waals surface area contributed by atoms with Crippen molar-refractivity contribution in [1.29, 1.82) is 0 Å². The first kappa shape index (κ1) is 11.3. The lowest BCUT2D eigenvalue weighted by Crippen LogP contribution is -2.06. The van der Waals surface area contributed by atoms with Gasteiger partial charge in [0.15, 0.2) is 0 Å². The van der Waals surface area contributed by atoms with E-state index in [-0.39, 0.29) is 0 Å². The molecule has 1 aromatic carbocycles. The Balaban J connectivity index is 1.90. The molecule has 2 rings (SSSR count). The van der Waals surface area contributed by atoms with Crippen LogP contribution in [-0.2, 0) is 11.3 Å². The van der Waals surface area contributed by atoms with Crippen molar-refractivity contribution in [3.8, 4) is 0 Å². The molecule has 1 fully saturated rings. The number of hydrogen-bond donors (Lipinski definition) is 0. The molecule has 1 nitrogen and oxygen atoms in total. The Morgan fingerprint density at radius 3 is 2.53 bits per heavy atom. The highest BCUT2D eigenvalue weighted by molar-refractivity contribution is 6.41. The van der Waals surface area contributed by atoms with Gasteiger partial charge in [0.2, 0.25) is 0 Å². The van der Waals surface area contributed by atoms with Crippen molar-refractivity contribution in [3.63, 3.8) is 0 Å². The van der Waals surface area contributed by atoms with Gasteiger partial charge in [-0.15, -0.1) is 0 Å². The first-order chi connectivity index (χ1) is 7.25. The summed E-state index contributed by atoms with van der Waals surface area (Å²) in [7, 11) is 0. The number of ether oxygens (including phenoxy) is 1. The van der Waals surface area contributed by atoms with Gasteiger partial charge in [0.1, 0.15) is 0 Å². The van der Waals surface area contributed by atoms with Gasteiger partial charge in [-0.05, 0) is 30.5 Å². The van der Waals surface area contributed by atoms with Crippen LogP contribution in [0.25, 0.3) is 0 Å². The van der Waals surface area contributed by atoms with Crippen LogP contribution in [-0.4, -0.2) is 6.10 Å². The van der Waals surface area contributed by atoms with Crippen molar-refractivity contribution in [2.24, 2.45) is 0 Å². The second-order valence-electron chi connectivity index (χ2n) is 3.97. The molecule has 82 valence electrons. The Hall–Kier alpha value is -0.240. The van der Waals surface area contributed by atoms with Gasteiger partial charge in [0.25, 0.3) is 0 Å². The van der Waals surface area contributed by atoms with E-state index in [9.17, 15) is 0 Å². The zero-order chi connectivity index (χ0) is 10.7. The number of hydrogen-bond acceptors (Lipinski definition) is 1.